The minimum absolute atomic E-state index is 0.263. The number of rotatable bonds is 5. The average molecular weight is 357 g/mol. The fourth-order valence-corrected chi connectivity index (χ4v) is 2.66. The second-order valence-electron chi connectivity index (χ2n) is 5.81. The van der Waals surface area contributed by atoms with Crippen LogP contribution in [0.1, 0.15) is 22.4 Å². The first-order valence-corrected chi connectivity index (χ1v) is 8.24. The molecule has 0 aliphatic heterocycles. The maximum atomic E-state index is 13.0. The van der Waals surface area contributed by atoms with E-state index in [1.165, 1.54) is 17.7 Å². The standard InChI is InChI=1S/C19H18ClFN4/c1-13-3-9-17(10-4-13)23-22-11-18-14(2)24-25(19(18)20)12-15-5-7-16(21)8-6-15/h3-11,23H,12H2,1-2H3/b22-11-. The molecule has 0 aliphatic rings. The van der Waals surface area contributed by atoms with E-state index < -0.39 is 0 Å². The van der Waals surface area contributed by atoms with Gasteiger partial charge in [0.2, 0.25) is 0 Å². The van der Waals surface area contributed by atoms with Gasteiger partial charge in [0.05, 0.1) is 29.7 Å². The number of aromatic nitrogens is 2. The highest BCUT2D eigenvalue weighted by molar-refractivity contribution is 6.32. The van der Waals surface area contributed by atoms with Crippen LogP contribution in [-0.2, 0) is 6.54 Å². The van der Waals surface area contributed by atoms with Crippen LogP contribution in [0.2, 0.25) is 5.15 Å². The van der Waals surface area contributed by atoms with Crippen LogP contribution in [0.25, 0.3) is 0 Å². The lowest BCUT2D eigenvalue weighted by Crippen LogP contribution is -2.02. The molecule has 0 radical (unpaired) electrons. The summed E-state index contributed by atoms with van der Waals surface area (Å²) in [7, 11) is 0. The lowest BCUT2D eigenvalue weighted by atomic mass is 10.2. The summed E-state index contributed by atoms with van der Waals surface area (Å²) >= 11 is 6.42. The number of halogens is 2. The van der Waals surface area contributed by atoms with Crippen LogP contribution in [0.4, 0.5) is 10.1 Å². The minimum Gasteiger partial charge on any atom is -0.279 e. The van der Waals surface area contributed by atoms with Crippen molar-refractivity contribution in [3.63, 3.8) is 0 Å². The van der Waals surface area contributed by atoms with Gasteiger partial charge in [-0.15, -0.1) is 0 Å². The van der Waals surface area contributed by atoms with Gasteiger partial charge in [-0.05, 0) is 43.7 Å². The Morgan fingerprint density at radius 2 is 1.80 bits per heavy atom. The molecule has 128 valence electrons. The molecule has 6 heteroatoms. The van der Waals surface area contributed by atoms with Gasteiger partial charge in [-0.3, -0.25) is 5.43 Å². The third kappa shape index (κ3) is 4.25. The van der Waals surface area contributed by atoms with Gasteiger partial charge in [-0.25, -0.2) is 9.07 Å². The maximum absolute atomic E-state index is 13.0. The number of anilines is 1. The fourth-order valence-electron chi connectivity index (χ4n) is 2.38. The van der Waals surface area contributed by atoms with Crippen molar-refractivity contribution >= 4 is 23.5 Å². The van der Waals surface area contributed by atoms with Crippen molar-refractivity contribution < 1.29 is 4.39 Å². The zero-order chi connectivity index (χ0) is 17.8. The summed E-state index contributed by atoms with van der Waals surface area (Å²) in [4.78, 5) is 0. The Balaban J connectivity index is 1.73. The van der Waals surface area contributed by atoms with Gasteiger partial charge in [0.15, 0.2) is 0 Å². The Bertz CT molecular complexity index is 883. The molecule has 2 aromatic carbocycles. The van der Waals surface area contributed by atoms with Crippen LogP contribution < -0.4 is 5.43 Å². The summed E-state index contributed by atoms with van der Waals surface area (Å²) in [5, 5.41) is 9.17. The molecule has 1 heterocycles. The van der Waals surface area contributed by atoms with Crippen LogP contribution in [0.3, 0.4) is 0 Å². The summed E-state index contributed by atoms with van der Waals surface area (Å²) in [5.74, 6) is -0.263. The van der Waals surface area contributed by atoms with Crippen molar-refractivity contribution in [3.8, 4) is 0 Å². The first-order chi connectivity index (χ1) is 12.0. The quantitative estimate of drug-likeness (QED) is 0.527. The molecule has 0 bridgehead atoms. The second-order valence-corrected chi connectivity index (χ2v) is 6.17. The normalized spacial score (nSPS) is 11.2. The van der Waals surface area contributed by atoms with Gasteiger partial charge in [0.1, 0.15) is 11.0 Å². The molecular weight excluding hydrogens is 339 g/mol. The van der Waals surface area contributed by atoms with Crippen molar-refractivity contribution in [3.05, 3.63) is 81.9 Å². The lowest BCUT2D eigenvalue weighted by molar-refractivity contribution is 0.624. The van der Waals surface area contributed by atoms with Gasteiger partial charge in [-0.2, -0.15) is 10.2 Å². The Morgan fingerprint density at radius 1 is 1.12 bits per heavy atom. The Kier molecular flexibility index (Phi) is 5.14. The van der Waals surface area contributed by atoms with Crippen LogP contribution in [0.5, 0.6) is 0 Å². The summed E-state index contributed by atoms with van der Waals surface area (Å²) in [6.45, 7) is 4.38. The van der Waals surface area contributed by atoms with E-state index in [2.05, 4.69) is 15.6 Å². The number of hydrazone groups is 1. The highest BCUT2D eigenvalue weighted by Crippen LogP contribution is 2.19. The Labute approximate surface area is 150 Å². The highest BCUT2D eigenvalue weighted by atomic mass is 35.5. The number of hydrogen-bond donors (Lipinski definition) is 1. The van der Waals surface area contributed by atoms with E-state index in [0.717, 1.165) is 22.5 Å². The predicted octanol–water partition coefficient (Wildman–Crippen LogP) is 4.79. The second kappa shape index (κ2) is 7.49. The number of nitrogens with zero attached hydrogens (tertiary/aromatic N) is 3. The zero-order valence-electron chi connectivity index (χ0n) is 14.0. The van der Waals surface area contributed by atoms with E-state index >= 15 is 0 Å². The molecule has 0 aliphatic carbocycles. The lowest BCUT2D eigenvalue weighted by Gasteiger charge is -2.03. The average Bonchev–Trinajstić information content (AvgIpc) is 2.86. The van der Waals surface area contributed by atoms with Gasteiger partial charge in [-0.1, -0.05) is 41.4 Å². The van der Waals surface area contributed by atoms with Crippen molar-refractivity contribution in [2.75, 3.05) is 5.43 Å². The molecule has 0 atom stereocenters. The summed E-state index contributed by atoms with van der Waals surface area (Å²) in [6.07, 6.45) is 1.66. The SMILES string of the molecule is Cc1ccc(N/N=C\c2c(C)nn(Cc3ccc(F)cc3)c2Cl)cc1. The molecule has 3 aromatic rings. The topological polar surface area (TPSA) is 42.2 Å². The summed E-state index contributed by atoms with van der Waals surface area (Å²) in [5.41, 5.74) is 7.52. The summed E-state index contributed by atoms with van der Waals surface area (Å²) < 4.78 is 14.7. The number of hydrogen-bond acceptors (Lipinski definition) is 3. The number of benzene rings is 2. The highest BCUT2D eigenvalue weighted by Gasteiger charge is 2.12. The van der Waals surface area contributed by atoms with E-state index in [0.29, 0.717) is 11.7 Å². The maximum Gasteiger partial charge on any atom is 0.136 e. The molecule has 0 amide bonds. The molecule has 3 rings (SSSR count). The number of aryl methyl sites for hydroxylation is 2. The molecule has 0 fully saturated rings. The molecule has 0 spiro atoms. The van der Waals surface area contributed by atoms with Crippen molar-refractivity contribution in [2.45, 2.75) is 20.4 Å². The molecule has 1 aromatic heterocycles. The predicted molar refractivity (Wildman–Crippen MR) is 99.9 cm³/mol. The molecule has 25 heavy (non-hydrogen) atoms. The third-order valence-corrected chi connectivity index (χ3v) is 4.19. The van der Waals surface area contributed by atoms with Gasteiger partial charge >= 0.3 is 0 Å². The molecule has 4 nitrogen and oxygen atoms in total. The van der Waals surface area contributed by atoms with Crippen LogP contribution in [0.15, 0.2) is 53.6 Å². The Morgan fingerprint density at radius 3 is 2.48 bits per heavy atom. The van der Waals surface area contributed by atoms with Gasteiger partial charge in [0.25, 0.3) is 0 Å². The smallest absolute Gasteiger partial charge is 0.136 e. The summed E-state index contributed by atoms with van der Waals surface area (Å²) in [6, 6.07) is 14.2. The minimum atomic E-state index is -0.263. The Hall–Kier alpha value is -2.66. The fraction of sp³-hybridized carbons (Fsp3) is 0.158. The van der Waals surface area contributed by atoms with Crippen molar-refractivity contribution in [2.24, 2.45) is 5.10 Å². The van der Waals surface area contributed by atoms with Crippen molar-refractivity contribution in [1.29, 1.82) is 0 Å². The molecule has 1 N–H and O–H groups in total. The first kappa shape index (κ1) is 17.2. The van der Waals surface area contributed by atoms with Crippen LogP contribution in [-0.4, -0.2) is 16.0 Å². The molecule has 0 saturated heterocycles. The van der Waals surface area contributed by atoms with E-state index in [-0.39, 0.29) is 5.82 Å². The largest absolute Gasteiger partial charge is 0.279 e. The molecule has 0 saturated carbocycles. The number of nitrogens with one attached hydrogen (secondary N) is 1. The van der Waals surface area contributed by atoms with E-state index in [9.17, 15) is 4.39 Å². The van der Waals surface area contributed by atoms with E-state index in [1.54, 1.807) is 23.0 Å². The van der Waals surface area contributed by atoms with E-state index in [1.807, 2.05) is 38.1 Å². The van der Waals surface area contributed by atoms with Gasteiger partial charge < -0.3 is 0 Å². The zero-order valence-corrected chi connectivity index (χ0v) is 14.8. The molecule has 0 unspecified atom stereocenters. The molecular formula is C19H18ClFN4. The van der Waals surface area contributed by atoms with Gasteiger partial charge in [0, 0.05) is 0 Å². The monoisotopic (exact) mass is 356 g/mol. The van der Waals surface area contributed by atoms with Crippen LogP contribution in [0, 0.1) is 19.7 Å². The van der Waals surface area contributed by atoms with Crippen LogP contribution >= 0.6 is 11.6 Å². The first-order valence-electron chi connectivity index (χ1n) is 7.86. The van der Waals surface area contributed by atoms with E-state index in [4.69, 9.17) is 11.6 Å². The third-order valence-electron chi connectivity index (χ3n) is 3.79. The van der Waals surface area contributed by atoms with Crippen molar-refractivity contribution in [1.82, 2.24) is 9.78 Å².